The number of fused-ring (bicyclic) bond motifs is 2. The molecule has 258 valence electrons. The zero-order valence-electron chi connectivity index (χ0n) is 31.0. The van der Waals surface area contributed by atoms with Gasteiger partial charge in [0, 0.05) is 0 Å². The molecular formula is C46H56Cl2Hf. The first-order valence-electron chi connectivity index (χ1n) is 18.3. The maximum atomic E-state index is 2.67. The van der Waals surface area contributed by atoms with Crippen molar-refractivity contribution in [1.29, 1.82) is 0 Å². The molecule has 0 N–H and O–H groups in total. The minimum Gasteiger partial charge on any atom is -0.147 e. The molecule has 2 aliphatic carbocycles. The SMILES string of the molecule is CCCC1=Cc2c(-c3ccc(C(C)(C)C)cc3)cccc2[CH]1[Hf]1([CH]2C(CCC)=Cc3c(-c4ccc(C(C)(C)C)cc4)cccc32)[CH2][CH2]1.Cl.Cl. The maximum absolute atomic E-state index is 2.94. The molecule has 1 fully saturated rings. The minimum absolute atomic E-state index is 0. The molecule has 49 heavy (non-hydrogen) atoms. The Balaban J connectivity index is 0.00000234. The van der Waals surface area contributed by atoms with Crippen LogP contribution in [0.4, 0.5) is 0 Å². The van der Waals surface area contributed by atoms with E-state index in [1.165, 1.54) is 78.5 Å². The van der Waals surface area contributed by atoms with E-state index in [4.69, 9.17) is 0 Å². The van der Waals surface area contributed by atoms with E-state index in [1.54, 1.807) is 22.3 Å². The van der Waals surface area contributed by atoms with Crippen LogP contribution < -0.4 is 0 Å². The van der Waals surface area contributed by atoms with E-state index >= 15 is 0 Å². The largest absolute Gasteiger partial charge is 0.147 e. The fourth-order valence-electron chi connectivity index (χ4n) is 8.99. The topological polar surface area (TPSA) is 0 Å². The summed E-state index contributed by atoms with van der Waals surface area (Å²) in [6, 6.07) is 33.5. The molecule has 3 heteroatoms. The zero-order chi connectivity index (χ0) is 33.1. The van der Waals surface area contributed by atoms with Crippen LogP contribution in [0.2, 0.25) is 8.35 Å². The standard InChI is InChI=1S/2C22H25.C2H4.2ClH.Hf/c2*1-5-7-16-14-18-8-6-9-20(21(18)15-16)17-10-12-19(13-11-17)22(2,3)4;1-2;;;/h2*6,8-15H,5,7H2,1-4H3;1-2H2;2*1H;. The van der Waals surface area contributed by atoms with Crippen LogP contribution in [-0.4, -0.2) is 0 Å². The van der Waals surface area contributed by atoms with Crippen LogP contribution >= 0.6 is 24.8 Å². The first kappa shape index (κ1) is 38.1. The minimum atomic E-state index is -2.94. The van der Waals surface area contributed by atoms with Gasteiger partial charge in [-0.15, -0.1) is 24.8 Å². The predicted octanol–water partition coefficient (Wildman–Crippen LogP) is 14.6. The Bertz CT molecular complexity index is 1720. The Labute approximate surface area is 314 Å². The molecule has 4 aromatic carbocycles. The molecule has 0 saturated carbocycles. The second-order valence-corrected chi connectivity index (χ2v) is 33.4. The number of halogens is 2. The van der Waals surface area contributed by atoms with E-state index in [0.29, 0.717) is 7.35 Å². The molecule has 2 unspecified atom stereocenters. The smallest absolute Gasteiger partial charge is 0.147 e. The summed E-state index contributed by atoms with van der Waals surface area (Å²) in [5.74, 6) is 0. The van der Waals surface area contributed by atoms with Crippen LogP contribution in [0.3, 0.4) is 0 Å². The average molecular weight is 858 g/mol. The summed E-state index contributed by atoms with van der Waals surface area (Å²) in [6.45, 7) is 18.6. The van der Waals surface area contributed by atoms with Crippen LogP contribution in [0.15, 0.2) is 96.1 Å². The van der Waals surface area contributed by atoms with Crippen LogP contribution in [0.5, 0.6) is 0 Å². The van der Waals surface area contributed by atoms with Crippen molar-refractivity contribution in [2.45, 2.75) is 108 Å². The molecule has 4 aromatic rings. The molecule has 2 atom stereocenters. The second-order valence-electron chi connectivity index (χ2n) is 16.8. The summed E-state index contributed by atoms with van der Waals surface area (Å²) < 4.78 is 4.46. The van der Waals surface area contributed by atoms with Crippen molar-refractivity contribution in [3.05, 3.63) is 129 Å². The molecule has 0 amide bonds. The van der Waals surface area contributed by atoms with Gasteiger partial charge in [-0.3, -0.25) is 0 Å². The first-order valence-corrected chi connectivity index (χ1v) is 27.6. The summed E-state index contributed by atoms with van der Waals surface area (Å²) in [7, 11) is 0. The average Bonchev–Trinajstić information content (AvgIpc) is 3.59. The van der Waals surface area contributed by atoms with E-state index in [1.807, 2.05) is 0 Å². The summed E-state index contributed by atoms with van der Waals surface area (Å²) in [5.41, 5.74) is 18.7. The Morgan fingerprint density at radius 3 is 1.20 bits per heavy atom. The molecule has 0 spiro atoms. The van der Waals surface area contributed by atoms with Crippen LogP contribution in [-0.2, 0) is 30.8 Å². The van der Waals surface area contributed by atoms with Gasteiger partial charge >= 0.3 is 291 Å². The van der Waals surface area contributed by atoms with Gasteiger partial charge in [0.25, 0.3) is 0 Å². The Morgan fingerprint density at radius 1 is 0.531 bits per heavy atom. The molecule has 3 aliphatic rings. The molecular weight excluding hydrogens is 802 g/mol. The summed E-state index contributed by atoms with van der Waals surface area (Å²) in [6.07, 6.45) is 10.3. The van der Waals surface area contributed by atoms with Crippen molar-refractivity contribution in [1.82, 2.24) is 0 Å². The van der Waals surface area contributed by atoms with Crippen molar-refractivity contribution in [3.63, 3.8) is 0 Å². The third-order valence-electron chi connectivity index (χ3n) is 11.5. The summed E-state index contributed by atoms with van der Waals surface area (Å²) >= 11 is -2.94. The molecule has 1 aliphatic heterocycles. The molecule has 1 heterocycles. The van der Waals surface area contributed by atoms with Gasteiger partial charge in [-0.1, -0.05) is 0 Å². The normalized spacial score (nSPS) is 18.9. The number of hydrogen-bond acceptors (Lipinski definition) is 0. The Kier molecular flexibility index (Phi) is 11.2. The molecule has 7 rings (SSSR count). The van der Waals surface area contributed by atoms with Gasteiger partial charge in [0.2, 0.25) is 0 Å². The van der Waals surface area contributed by atoms with Crippen LogP contribution in [0.1, 0.15) is 122 Å². The van der Waals surface area contributed by atoms with E-state index < -0.39 is 20.0 Å². The van der Waals surface area contributed by atoms with E-state index in [9.17, 15) is 0 Å². The fraction of sp³-hybridized carbons (Fsp3) is 0.391. The quantitative estimate of drug-likeness (QED) is 0.155. The third kappa shape index (κ3) is 6.91. The third-order valence-corrected chi connectivity index (χ3v) is 30.6. The van der Waals surface area contributed by atoms with E-state index in [2.05, 4.69) is 152 Å². The van der Waals surface area contributed by atoms with Crippen molar-refractivity contribution in [3.8, 4) is 22.3 Å². The van der Waals surface area contributed by atoms with Gasteiger partial charge in [0.1, 0.15) is 0 Å². The number of hydrogen-bond donors (Lipinski definition) is 0. The van der Waals surface area contributed by atoms with Crippen LogP contribution in [0.25, 0.3) is 34.4 Å². The summed E-state index contributed by atoms with van der Waals surface area (Å²) in [4.78, 5) is 0. The molecule has 0 nitrogen and oxygen atoms in total. The molecule has 0 aromatic heterocycles. The second kappa shape index (κ2) is 14.4. The van der Waals surface area contributed by atoms with Crippen molar-refractivity contribution < 1.29 is 20.0 Å². The van der Waals surface area contributed by atoms with Gasteiger partial charge in [0.05, 0.1) is 0 Å². The molecule has 1 saturated heterocycles. The number of allylic oxidation sites excluding steroid dienone is 2. The molecule has 0 radical (unpaired) electrons. The van der Waals surface area contributed by atoms with E-state index in [-0.39, 0.29) is 35.6 Å². The number of benzene rings is 4. The van der Waals surface area contributed by atoms with Gasteiger partial charge in [-0.2, -0.15) is 0 Å². The predicted molar refractivity (Wildman–Crippen MR) is 217 cm³/mol. The van der Waals surface area contributed by atoms with Crippen molar-refractivity contribution in [2.24, 2.45) is 0 Å². The van der Waals surface area contributed by atoms with Gasteiger partial charge in [-0.25, -0.2) is 0 Å². The van der Waals surface area contributed by atoms with Gasteiger partial charge in [0.15, 0.2) is 0 Å². The van der Waals surface area contributed by atoms with Gasteiger partial charge < -0.3 is 0 Å². The summed E-state index contributed by atoms with van der Waals surface area (Å²) in [5, 5.41) is 0. The Morgan fingerprint density at radius 2 is 0.898 bits per heavy atom. The van der Waals surface area contributed by atoms with Crippen molar-refractivity contribution in [2.75, 3.05) is 0 Å². The van der Waals surface area contributed by atoms with Gasteiger partial charge in [-0.05, 0) is 0 Å². The maximum Gasteiger partial charge on any atom is -0.147 e. The van der Waals surface area contributed by atoms with E-state index in [0.717, 1.165) is 0 Å². The fourth-order valence-corrected chi connectivity index (χ4v) is 37.1. The Hall–Kier alpha value is -2.19. The van der Waals surface area contributed by atoms with Crippen molar-refractivity contribution >= 4 is 37.0 Å². The zero-order valence-corrected chi connectivity index (χ0v) is 36.2. The molecule has 0 bridgehead atoms. The monoisotopic (exact) mass is 858 g/mol. The number of rotatable bonds is 8. The first-order chi connectivity index (χ1) is 22.5. The van der Waals surface area contributed by atoms with Crippen LogP contribution in [0, 0.1) is 0 Å².